The Hall–Kier alpha value is -1.87. The molecule has 0 aromatic heterocycles. The lowest BCUT2D eigenvalue weighted by molar-refractivity contribution is 0.0735. The zero-order valence-electron chi connectivity index (χ0n) is 9.55. The van der Waals surface area contributed by atoms with Crippen molar-refractivity contribution in [3.05, 3.63) is 70.7 Å². The Labute approximate surface area is 114 Å². The molecule has 0 amide bonds. The summed E-state index contributed by atoms with van der Waals surface area (Å²) in [5.74, 6) is 0.190. The van der Waals surface area contributed by atoms with Gasteiger partial charge in [0.2, 0.25) is 0 Å². The van der Waals surface area contributed by atoms with E-state index in [0.29, 0.717) is 11.3 Å². The van der Waals surface area contributed by atoms with E-state index in [1.165, 1.54) is 0 Å². The highest BCUT2D eigenvalue weighted by Gasteiger charge is 2.06. The average molecular weight is 303 g/mol. The van der Waals surface area contributed by atoms with Gasteiger partial charge < -0.3 is 4.74 Å². The molecular weight excluding hydrogens is 292 g/mol. The molecule has 0 saturated heterocycles. The van der Waals surface area contributed by atoms with Crippen LogP contribution in [0, 0.1) is 0 Å². The molecule has 0 bridgehead atoms. The molecule has 0 heterocycles. The van der Waals surface area contributed by atoms with E-state index in [1.807, 2.05) is 24.3 Å². The minimum Gasteiger partial charge on any atom is -0.423 e. The molecular formula is C15H11BrO2. The van der Waals surface area contributed by atoms with Crippen LogP contribution < -0.4 is 4.74 Å². The number of hydrogen-bond acceptors (Lipinski definition) is 2. The summed E-state index contributed by atoms with van der Waals surface area (Å²) in [6, 6.07) is 16.2. The third-order valence-electron chi connectivity index (χ3n) is 2.36. The summed E-state index contributed by atoms with van der Waals surface area (Å²) in [5.41, 5.74) is 1.58. The number of rotatable bonds is 3. The van der Waals surface area contributed by atoms with Crippen LogP contribution in [0.1, 0.15) is 15.9 Å². The van der Waals surface area contributed by atoms with Crippen LogP contribution in [0.3, 0.4) is 0 Å². The molecule has 0 N–H and O–H groups in total. The Morgan fingerprint density at radius 3 is 2.28 bits per heavy atom. The average Bonchev–Trinajstić information content (AvgIpc) is 2.42. The van der Waals surface area contributed by atoms with Gasteiger partial charge in [-0.1, -0.05) is 46.3 Å². The van der Waals surface area contributed by atoms with Crippen LogP contribution in [0.25, 0.3) is 6.08 Å². The van der Waals surface area contributed by atoms with Crippen LogP contribution in [0.2, 0.25) is 0 Å². The molecule has 0 unspecified atom stereocenters. The van der Waals surface area contributed by atoms with Crippen molar-refractivity contribution < 1.29 is 9.53 Å². The van der Waals surface area contributed by atoms with E-state index in [4.69, 9.17) is 4.74 Å². The summed E-state index contributed by atoms with van der Waals surface area (Å²) in [4.78, 5) is 13.6. The lowest BCUT2D eigenvalue weighted by Crippen LogP contribution is -2.07. The zero-order valence-corrected chi connectivity index (χ0v) is 11.1. The van der Waals surface area contributed by atoms with Crippen molar-refractivity contribution in [2.24, 2.45) is 0 Å². The SMILES string of the molecule is O=C(Oc1ccc(/C=C\Br)cc1)c1ccccc1. The minimum absolute atomic E-state index is 0.348. The molecule has 0 saturated carbocycles. The third kappa shape index (κ3) is 3.31. The molecule has 0 fully saturated rings. The van der Waals surface area contributed by atoms with Crippen molar-refractivity contribution in [1.82, 2.24) is 0 Å². The van der Waals surface area contributed by atoms with Gasteiger partial charge in [0.05, 0.1) is 5.56 Å². The number of ether oxygens (including phenoxy) is 1. The highest BCUT2D eigenvalue weighted by molar-refractivity contribution is 9.11. The first-order valence-corrected chi connectivity index (χ1v) is 6.35. The molecule has 18 heavy (non-hydrogen) atoms. The van der Waals surface area contributed by atoms with Crippen molar-refractivity contribution in [2.45, 2.75) is 0 Å². The van der Waals surface area contributed by atoms with E-state index < -0.39 is 0 Å². The Bertz CT molecular complexity index is 544. The Balaban J connectivity index is 2.08. The molecule has 90 valence electrons. The van der Waals surface area contributed by atoms with Gasteiger partial charge in [-0.3, -0.25) is 0 Å². The Morgan fingerprint density at radius 1 is 1.00 bits per heavy atom. The number of esters is 1. The lowest BCUT2D eigenvalue weighted by Gasteiger charge is -2.04. The Morgan fingerprint density at radius 2 is 1.67 bits per heavy atom. The van der Waals surface area contributed by atoms with Crippen LogP contribution in [0.15, 0.2) is 59.6 Å². The van der Waals surface area contributed by atoms with Gasteiger partial charge >= 0.3 is 5.97 Å². The monoisotopic (exact) mass is 302 g/mol. The van der Waals surface area contributed by atoms with Crippen LogP contribution in [-0.4, -0.2) is 5.97 Å². The van der Waals surface area contributed by atoms with Gasteiger partial charge in [-0.05, 0) is 40.9 Å². The maximum Gasteiger partial charge on any atom is 0.343 e. The van der Waals surface area contributed by atoms with Crippen molar-refractivity contribution in [1.29, 1.82) is 0 Å². The van der Waals surface area contributed by atoms with E-state index in [9.17, 15) is 4.79 Å². The second kappa shape index (κ2) is 6.17. The van der Waals surface area contributed by atoms with Crippen LogP contribution in [0.5, 0.6) is 5.75 Å². The van der Waals surface area contributed by atoms with E-state index >= 15 is 0 Å². The summed E-state index contributed by atoms with van der Waals surface area (Å²) < 4.78 is 5.26. The molecule has 0 aliphatic heterocycles. The summed E-state index contributed by atoms with van der Waals surface area (Å²) in [5, 5.41) is 0. The van der Waals surface area contributed by atoms with Crippen LogP contribution in [0.4, 0.5) is 0 Å². The highest BCUT2D eigenvalue weighted by atomic mass is 79.9. The normalized spacial score (nSPS) is 10.5. The van der Waals surface area contributed by atoms with Gasteiger partial charge in [0.25, 0.3) is 0 Å². The number of carbonyl (C=O) groups is 1. The van der Waals surface area contributed by atoms with E-state index in [2.05, 4.69) is 15.9 Å². The summed E-state index contributed by atoms with van der Waals surface area (Å²) in [6.07, 6.45) is 1.91. The molecule has 0 aliphatic carbocycles. The fourth-order valence-corrected chi connectivity index (χ4v) is 1.77. The molecule has 3 heteroatoms. The van der Waals surface area contributed by atoms with Gasteiger partial charge in [-0.25, -0.2) is 4.79 Å². The topological polar surface area (TPSA) is 26.3 Å². The lowest BCUT2D eigenvalue weighted by atomic mass is 10.2. The van der Waals surface area contributed by atoms with Crippen LogP contribution >= 0.6 is 15.9 Å². The first-order valence-electron chi connectivity index (χ1n) is 5.43. The van der Waals surface area contributed by atoms with Gasteiger partial charge in [0.1, 0.15) is 5.75 Å². The Kier molecular flexibility index (Phi) is 4.31. The molecule has 0 aliphatic rings. The summed E-state index contributed by atoms with van der Waals surface area (Å²) >= 11 is 3.21. The van der Waals surface area contributed by atoms with Crippen molar-refractivity contribution in [3.8, 4) is 5.75 Å². The molecule has 0 spiro atoms. The minimum atomic E-state index is -0.348. The second-order valence-corrected chi connectivity index (χ2v) is 4.15. The summed E-state index contributed by atoms with van der Waals surface area (Å²) in [6.45, 7) is 0. The molecule has 2 aromatic carbocycles. The maximum absolute atomic E-state index is 11.8. The second-order valence-electron chi connectivity index (χ2n) is 3.62. The first kappa shape index (κ1) is 12.6. The number of benzene rings is 2. The molecule has 2 aromatic rings. The maximum atomic E-state index is 11.8. The van der Waals surface area contributed by atoms with Gasteiger partial charge in [-0.2, -0.15) is 0 Å². The predicted molar refractivity (Wildman–Crippen MR) is 75.8 cm³/mol. The van der Waals surface area contributed by atoms with E-state index in [0.717, 1.165) is 5.56 Å². The van der Waals surface area contributed by atoms with E-state index in [-0.39, 0.29) is 5.97 Å². The van der Waals surface area contributed by atoms with Crippen molar-refractivity contribution in [3.63, 3.8) is 0 Å². The van der Waals surface area contributed by atoms with Crippen molar-refractivity contribution in [2.75, 3.05) is 0 Å². The van der Waals surface area contributed by atoms with Gasteiger partial charge in [-0.15, -0.1) is 0 Å². The zero-order chi connectivity index (χ0) is 12.8. The summed E-state index contributed by atoms with van der Waals surface area (Å²) in [7, 11) is 0. The third-order valence-corrected chi connectivity index (χ3v) is 2.62. The highest BCUT2D eigenvalue weighted by Crippen LogP contribution is 2.15. The molecule has 0 radical (unpaired) electrons. The number of carbonyl (C=O) groups excluding carboxylic acids is 1. The van der Waals surface area contributed by atoms with E-state index in [1.54, 1.807) is 41.4 Å². The van der Waals surface area contributed by atoms with Gasteiger partial charge in [0.15, 0.2) is 0 Å². The fraction of sp³-hybridized carbons (Fsp3) is 0. The predicted octanol–water partition coefficient (Wildman–Crippen LogP) is 4.27. The standard InChI is InChI=1S/C15H11BrO2/c16-11-10-12-6-8-14(9-7-12)18-15(17)13-4-2-1-3-5-13/h1-11H/b11-10-. The van der Waals surface area contributed by atoms with Gasteiger partial charge in [0, 0.05) is 0 Å². The fourth-order valence-electron chi connectivity index (χ4n) is 1.46. The first-order chi connectivity index (χ1) is 8.79. The molecule has 2 rings (SSSR count). The molecule has 0 atom stereocenters. The smallest absolute Gasteiger partial charge is 0.343 e. The van der Waals surface area contributed by atoms with Crippen LogP contribution in [-0.2, 0) is 0 Å². The number of halogens is 1. The quantitative estimate of drug-likeness (QED) is 0.625. The van der Waals surface area contributed by atoms with Crippen molar-refractivity contribution >= 4 is 28.0 Å². The molecule has 2 nitrogen and oxygen atoms in total. The largest absolute Gasteiger partial charge is 0.423 e. The number of hydrogen-bond donors (Lipinski definition) is 0.